The number of morpholine rings is 1. The molecule has 2 saturated heterocycles. The number of aromatic nitrogens is 4. The molecule has 1 N–H and O–H groups in total. The van der Waals surface area contributed by atoms with Crippen LogP contribution < -0.4 is 14.5 Å². The molecule has 0 bridgehead atoms. The summed E-state index contributed by atoms with van der Waals surface area (Å²) in [5.41, 5.74) is 4.18. The van der Waals surface area contributed by atoms with Gasteiger partial charge >= 0.3 is 0 Å². The average Bonchev–Trinajstić information content (AvgIpc) is 3.30. The molecule has 174 valence electrons. The van der Waals surface area contributed by atoms with Crippen molar-refractivity contribution in [3.8, 4) is 16.9 Å². The average molecular weight is 469 g/mol. The largest absolute Gasteiger partial charge is 0.496 e. The van der Waals surface area contributed by atoms with Crippen molar-refractivity contribution >= 4 is 23.4 Å². The highest BCUT2D eigenvalue weighted by molar-refractivity contribution is 6.31. The van der Waals surface area contributed by atoms with Crippen molar-refractivity contribution in [2.75, 3.05) is 56.3 Å². The van der Waals surface area contributed by atoms with Gasteiger partial charge in [-0.05, 0) is 38.0 Å². The summed E-state index contributed by atoms with van der Waals surface area (Å²) < 4.78 is 11.2. The van der Waals surface area contributed by atoms with Crippen LogP contribution in [0.3, 0.4) is 0 Å². The number of benzene rings is 1. The fourth-order valence-electron chi connectivity index (χ4n) is 4.75. The fraction of sp³-hybridized carbons (Fsp3) is 0.458. The standard InChI is InChI=1S/C24H29ClN6O2/c1-16-22(28-15-27-16)17-5-7-30(8-6-17)23-20(19-13-18(25)3-4-21(19)32-2)14-26-24(29-23)31-9-11-33-12-10-31/h3-4,13-15,17H,5-12H2,1-2H3,(H,27,28). The van der Waals surface area contributed by atoms with Crippen LogP contribution in [0.25, 0.3) is 11.1 Å². The first-order chi connectivity index (χ1) is 16.1. The number of imidazole rings is 1. The molecule has 4 heterocycles. The number of aromatic amines is 1. The van der Waals surface area contributed by atoms with E-state index in [4.69, 9.17) is 31.0 Å². The summed E-state index contributed by atoms with van der Waals surface area (Å²) in [5, 5.41) is 0.654. The highest BCUT2D eigenvalue weighted by atomic mass is 35.5. The van der Waals surface area contributed by atoms with E-state index < -0.39 is 0 Å². The first-order valence-electron chi connectivity index (χ1n) is 11.4. The van der Waals surface area contributed by atoms with E-state index in [2.05, 4.69) is 26.7 Å². The maximum absolute atomic E-state index is 6.36. The van der Waals surface area contributed by atoms with Gasteiger partial charge in [0.25, 0.3) is 0 Å². The van der Waals surface area contributed by atoms with Crippen molar-refractivity contribution in [2.45, 2.75) is 25.7 Å². The summed E-state index contributed by atoms with van der Waals surface area (Å²) in [7, 11) is 1.67. The van der Waals surface area contributed by atoms with Crippen LogP contribution in [0, 0.1) is 6.92 Å². The van der Waals surface area contributed by atoms with Crippen LogP contribution in [0.2, 0.25) is 5.02 Å². The lowest BCUT2D eigenvalue weighted by Gasteiger charge is -2.34. The molecule has 1 aromatic carbocycles. The van der Waals surface area contributed by atoms with Crippen LogP contribution in [-0.4, -0.2) is 66.4 Å². The molecule has 0 amide bonds. The number of aryl methyl sites for hydroxylation is 1. The van der Waals surface area contributed by atoms with Gasteiger partial charge < -0.3 is 24.3 Å². The van der Waals surface area contributed by atoms with Gasteiger partial charge in [0.1, 0.15) is 11.6 Å². The van der Waals surface area contributed by atoms with Gasteiger partial charge in [0.05, 0.1) is 32.3 Å². The molecule has 2 aromatic heterocycles. The Morgan fingerprint density at radius 1 is 1.06 bits per heavy atom. The van der Waals surface area contributed by atoms with Crippen molar-refractivity contribution in [1.29, 1.82) is 0 Å². The van der Waals surface area contributed by atoms with Crippen LogP contribution in [0.15, 0.2) is 30.7 Å². The predicted molar refractivity (Wildman–Crippen MR) is 130 cm³/mol. The zero-order valence-electron chi connectivity index (χ0n) is 19.1. The number of hydrogen-bond donors (Lipinski definition) is 1. The van der Waals surface area contributed by atoms with Gasteiger partial charge in [0.2, 0.25) is 5.95 Å². The SMILES string of the molecule is COc1ccc(Cl)cc1-c1cnc(N2CCOCC2)nc1N1CCC(c2nc[nH]c2C)CC1. The minimum Gasteiger partial charge on any atom is -0.496 e. The first-order valence-corrected chi connectivity index (χ1v) is 11.8. The van der Waals surface area contributed by atoms with E-state index in [1.165, 1.54) is 5.69 Å². The van der Waals surface area contributed by atoms with E-state index >= 15 is 0 Å². The predicted octanol–water partition coefficient (Wildman–Crippen LogP) is 4.06. The fourth-order valence-corrected chi connectivity index (χ4v) is 4.92. The van der Waals surface area contributed by atoms with Crippen LogP contribution in [-0.2, 0) is 4.74 Å². The highest BCUT2D eigenvalue weighted by Gasteiger charge is 2.28. The molecule has 0 saturated carbocycles. The molecule has 0 aliphatic carbocycles. The number of piperidine rings is 1. The molecule has 0 radical (unpaired) electrons. The van der Waals surface area contributed by atoms with Gasteiger partial charge in [0, 0.05) is 60.1 Å². The molecule has 2 aliphatic rings. The van der Waals surface area contributed by atoms with Gasteiger partial charge in [-0.3, -0.25) is 0 Å². The first kappa shape index (κ1) is 22.0. The molecule has 3 aromatic rings. The zero-order chi connectivity index (χ0) is 22.8. The number of ether oxygens (including phenoxy) is 2. The number of hydrogen-bond acceptors (Lipinski definition) is 7. The van der Waals surface area contributed by atoms with Crippen molar-refractivity contribution in [3.05, 3.63) is 47.1 Å². The van der Waals surface area contributed by atoms with Crippen LogP contribution >= 0.6 is 11.6 Å². The monoisotopic (exact) mass is 468 g/mol. The minimum absolute atomic E-state index is 0.456. The van der Waals surface area contributed by atoms with Crippen molar-refractivity contribution in [2.24, 2.45) is 0 Å². The Bertz CT molecular complexity index is 1110. The van der Waals surface area contributed by atoms with Gasteiger partial charge in [0.15, 0.2) is 0 Å². The molecular formula is C24H29ClN6O2. The van der Waals surface area contributed by atoms with E-state index in [1.807, 2.05) is 24.4 Å². The smallest absolute Gasteiger partial charge is 0.227 e. The minimum atomic E-state index is 0.456. The number of nitrogens with zero attached hydrogens (tertiary/aromatic N) is 5. The third-order valence-electron chi connectivity index (χ3n) is 6.55. The Morgan fingerprint density at radius 3 is 2.55 bits per heavy atom. The van der Waals surface area contributed by atoms with Gasteiger partial charge in [-0.15, -0.1) is 0 Å². The topological polar surface area (TPSA) is 79.4 Å². The van der Waals surface area contributed by atoms with E-state index in [9.17, 15) is 0 Å². The zero-order valence-corrected chi connectivity index (χ0v) is 19.8. The van der Waals surface area contributed by atoms with E-state index in [0.717, 1.165) is 73.4 Å². The lowest BCUT2D eigenvalue weighted by Crippen LogP contribution is -2.38. The highest BCUT2D eigenvalue weighted by Crippen LogP contribution is 2.40. The molecule has 5 rings (SSSR count). The van der Waals surface area contributed by atoms with Crippen LogP contribution in [0.4, 0.5) is 11.8 Å². The second-order valence-electron chi connectivity index (χ2n) is 8.53. The number of halogens is 1. The maximum atomic E-state index is 6.36. The molecule has 0 atom stereocenters. The lowest BCUT2D eigenvalue weighted by molar-refractivity contribution is 0.122. The summed E-state index contributed by atoms with van der Waals surface area (Å²) in [5.74, 6) is 2.87. The number of methoxy groups -OCH3 is 1. The van der Waals surface area contributed by atoms with Crippen molar-refractivity contribution in [1.82, 2.24) is 19.9 Å². The summed E-state index contributed by atoms with van der Waals surface area (Å²) in [4.78, 5) is 22.1. The molecule has 2 aliphatic heterocycles. The molecule has 2 fully saturated rings. The van der Waals surface area contributed by atoms with Crippen molar-refractivity contribution in [3.63, 3.8) is 0 Å². The Morgan fingerprint density at radius 2 is 1.85 bits per heavy atom. The van der Waals surface area contributed by atoms with E-state index in [-0.39, 0.29) is 0 Å². The number of nitrogens with one attached hydrogen (secondary N) is 1. The van der Waals surface area contributed by atoms with Crippen molar-refractivity contribution < 1.29 is 9.47 Å². The third kappa shape index (κ3) is 4.50. The number of rotatable bonds is 5. The maximum Gasteiger partial charge on any atom is 0.227 e. The number of anilines is 2. The normalized spacial score (nSPS) is 17.4. The molecule has 9 heteroatoms. The lowest BCUT2D eigenvalue weighted by atomic mass is 9.92. The van der Waals surface area contributed by atoms with E-state index in [0.29, 0.717) is 24.2 Å². The van der Waals surface area contributed by atoms with Crippen LogP contribution in [0.1, 0.15) is 30.1 Å². The van der Waals surface area contributed by atoms with Gasteiger partial charge in [-0.1, -0.05) is 11.6 Å². The second-order valence-corrected chi connectivity index (χ2v) is 8.96. The second kappa shape index (κ2) is 9.57. The molecule has 33 heavy (non-hydrogen) atoms. The van der Waals surface area contributed by atoms with Crippen LogP contribution in [0.5, 0.6) is 5.75 Å². The Labute approximate surface area is 198 Å². The molecule has 0 spiro atoms. The summed E-state index contributed by atoms with van der Waals surface area (Å²) in [6, 6.07) is 5.66. The Kier molecular flexibility index (Phi) is 6.37. The Balaban J connectivity index is 1.50. The molecule has 0 unspecified atom stereocenters. The summed E-state index contributed by atoms with van der Waals surface area (Å²) in [6.07, 6.45) is 5.74. The van der Waals surface area contributed by atoms with E-state index in [1.54, 1.807) is 13.4 Å². The van der Waals surface area contributed by atoms with Gasteiger partial charge in [-0.25, -0.2) is 9.97 Å². The van der Waals surface area contributed by atoms with Gasteiger partial charge in [-0.2, -0.15) is 4.98 Å². The summed E-state index contributed by atoms with van der Waals surface area (Å²) in [6.45, 7) is 6.85. The molecule has 8 nitrogen and oxygen atoms in total. The quantitative estimate of drug-likeness (QED) is 0.604. The number of H-pyrrole nitrogens is 1. The Hall–Kier alpha value is -2.84. The molecular weight excluding hydrogens is 440 g/mol. The third-order valence-corrected chi connectivity index (χ3v) is 6.79. The summed E-state index contributed by atoms with van der Waals surface area (Å²) >= 11 is 6.36.